The van der Waals surface area contributed by atoms with E-state index in [1.165, 1.54) is 10.8 Å². The van der Waals surface area contributed by atoms with Crippen molar-refractivity contribution >= 4 is 26.7 Å². The van der Waals surface area contributed by atoms with Crippen LogP contribution in [0.3, 0.4) is 0 Å². The molecule has 4 rings (SSSR count). The van der Waals surface area contributed by atoms with E-state index in [0.29, 0.717) is 6.54 Å². The molecule has 0 fully saturated rings. The second-order valence-electron chi connectivity index (χ2n) is 11.1. The summed E-state index contributed by atoms with van der Waals surface area (Å²) in [7, 11) is -0.0673. The van der Waals surface area contributed by atoms with Gasteiger partial charge in [0.05, 0.1) is 11.3 Å². The third-order valence-corrected chi connectivity index (χ3v) is 8.35. The molecule has 0 bridgehead atoms. The molecule has 0 unspecified atom stereocenters. The van der Waals surface area contributed by atoms with Gasteiger partial charge in [-0.05, 0) is 88.3 Å². The number of sulfonamides is 1. The topological polar surface area (TPSA) is 66.5 Å². The highest BCUT2D eigenvalue weighted by Gasteiger charge is 2.23. The van der Waals surface area contributed by atoms with Crippen LogP contribution >= 0.6 is 0 Å². The second kappa shape index (κ2) is 11.7. The van der Waals surface area contributed by atoms with Gasteiger partial charge in [0.1, 0.15) is 0 Å². The molecular formula is C33H38N2O3S. The van der Waals surface area contributed by atoms with E-state index < -0.39 is 15.9 Å². The van der Waals surface area contributed by atoms with E-state index in [4.69, 9.17) is 0 Å². The molecule has 0 radical (unpaired) electrons. The van der Waals surface area contributed by atoms with E-state index in [1.54, 1.807) is 24.3 Å². The maximum absolute atomic E-state index is 13.2. The maximum Gasteiger partial charge on any atom is 0.264 e. The summed E-state index contributed by atoms with van der Waals surface area (Å²) in [6.45, 7) is 9.14. The number of amides is 1. The van der Waals surface area contributed by atoms with E-state index >= 15 is 0 Å². The molecule has 1 N–H and O–H groups in total. The first-order valence-electron chi connectivity index (χ1n) is 13.4. The lowest BCUT2D eigenvalue weighted by atomic mass is 9.83. The molecule has 0 heterocycles. The monoisotopic (exact) mass is 542 g/mol. The Morgan fingerprint density at radius 2 is 1.36 bits per heavy atom. The fourth-order valence-electron chi connectivity index (χ4n) is 5.03. The Balaban J connectivity index is 1.65. The van der Waals surface area contributed by atoms with Crippen molar-refractivity contribution in [1.29, 1.82) is 0 Å². The average Bonchev–Trinajstić information content (AvgIpc) is 2.87. The molecule has 1 amide bonds. The molecule has 0 aliphatic rings. The van der Waals surface area contributed by atoms with Crippen LogP contribution in [0.4, 0.5) is 0 Å². The lowest BCUT2D eigenvalue weighted by Crippen LogP contribution is -2.32. The van der Waals surface area contributed by atoms with Crippen molar-refractivity contribution in [2.45, 2.75) is 57.4 Å². The van der Waals surface area contributed by atoms with Crippen molar-refractivity contribution in [2.24, 2.45) is 0 Å². The Labute approximate surface area is 232 Å². The zero-order chi connectivity index (χ0) is 28.3. The molecule has 0 saturated heterocycles. The number of carbonyl (C=O) groups excluding carboxylic acids is 1. The minimum absolute atomic E-state index is 0.00301. The van der Waals surface area contributed by atoms with E-state index in [1.807, 2.05) is 31.1 Å². The van der Waals surface area contributed by atoms with Crippen LogP contribution in [-0.2, 0) is 27.8 Å². The zero-order valence-electron chi connectivity index (χ0n) is 23.7. The largest absolute Gasteiger partial charge is 0.305 e. The molecule has 0 aromatic heterocycles. The van der Waals surface area contributed by atoms with Gasteiger partial charge in [-0.2, -0.15) is 0 Å². The summed E-state index contributed by atoms with van der Waals surface area (Å²) in [6.07, 6.45) is -0.00301. The van der Waals surface area contributed by atoms with Crippen molar-refractivity contribution < 1.29 is 13.2 Å². The lowest BCUT2D eigenvalue weighted by molar-refractivity contribution is -0.118. The molecule has 4 aromatic rings. The molecule has 0 atom stereocenters. The molecule has 6 heteroatoms. The van der Waals surface area contributed by atoms with Crippen LogP contribution in [0.25, 0.3) is 21.9 Å². The minimum Gasteiger partial charge on any atom is -0.305 e. The van der Waals surface area contributed by atoms with Crippen LogP contribution in [0, 0.1) is 0 Å². The van der Waals surface area contributed by atoms with Crippen molar-refractivity contribution in [1.82, 2.24) is 9.62 Å². The third-order valence-electron chi connectivity index (χ3n) is 6.96. The number of rotatable bonds is 9. The quantitative estimate of drug-likeness (QED) is 0.251. The Kier molecular flexibility index (Phi) is 8.57. The summed E-state index contributed by atoms with van der Waals surface area (Å²) in [4.78, 5) is 15.3. The number of benzene rings is 4. The number of nitrogens with one attached hydrogen (secondary N) is 1. The SMILES string of the molecule is CC(C)c1cc(-c2ccc3ccccc3c2)cc(C(C)C)c1CC(=O)NS(=O)(=O)c1ccc(CN(C)C)cc1. The fraction of sp³-hybridized carbons (Fsp3) is 0.303. The van der Waals surface area contributed by atoms with Gasteiger partial charge < -0.3 is 4.90 Å². The maximum atomic E-state index is 13.2. The summed E-state index contributed by atoms with van der Waals surface area (Å²) in [5, 5.41) is 2.37. The van der Waals surface area contributed by atoms with Crippen molar-refractivity contribution in [3.05, 3.63) is 101 Å². The third kappa shape index (κ3) is 6.75. The van der Waals surface area contributed by atoms with Crippen LogP contribution in [0.1, 0.15) is 61.8 Å². The van der Waals surface area contributed by atoms with Gasteiger partial charge in [-0.25, -0.2) is 13.1 Å². The van der Waals surface area contributed by atoms with E-state index in [0.717, 1.165) is 33.4 Å². The van der Waals surface area contributed by atoms with E-state index in [2.05, 4.69) is 74.9 Å². The number of carbonyl (C=O) groups is 1. The van der Waals surface area contributed by atoms with Gasteiger partial charge in [-0.1, -0.05) is 88.4 Å². The summed E-state index contributed by atoms with van der Waals surface area (Å²) in [6, 6.07) is 25.7. The first-order valence-corrected chi connectivity index (χ1v) is 14.9. The van der Waals surface area contributed by atoms with Crippen molar-refractivity contribution in [2.75, 3.05) is 14.1 Å². The lowest BCUT2D eigenvalue weighted by Gasteiger charge is -2.22. The van der Waals surface area contributed by atoms with Crippen LogP contribution in [-0.4, -0.2) is 33.3 Å². The average molecular weight is 543 g/mol. The second-order valence-corrected chi connectivity index (χ2v) is 12.8. The molecule has 39 heavy (non-hydrogen) atoms. The molecule has 0 spiro atoms. The van der Waals surface area contributed by atoms with Crippen molar-refractivity contribution in [3.63, 3.8) is 0 Å². The molecular weight excluding hydrogens is 504 g/mol. The highest BCUT2D eigenvalue weighted by atomic mass is 32.2. The molecule has 4 aromatic carbocycles. The standard InChI is InChI=1S/C33H38N2O3S/c1-22(2)30-18-28(27-14-13-25-9-7-8-10-26(25)17-27)19-31(23(3)4)32(30)20-33(36)34-39(37,38)29-15-11-24(12-16-29)21-35(5)6/h7-19,22-23H,20-21H2,1-6H3,(H,34,36). The van der Waals surface area contributed by atoms with E-state index in [-0.39, 0.29) is 23.2 Å². The minimum atomic E-state index is -3.98. The van der Waals surface area contributed by atoms with Gasteiger partial charge >= 0.3 is 0 Å². The first-order chi connectivity index (χ1) is 18.4. The van der Waals surface area contributed by atoms with Crippen LogP contribution < -0.4 is 4.72 Å². The van der Waals surface area contributed by atoms with Gasteiger partial charge in [0.25, 0.3) is 10.0 Å². The van der Waals surface area contributed by atoms with E-state index in [9.17, 15) is 13.2 Å². The summed E-state index contributed by atoms with van der Waals surface area (Å²) in [5.41, 5.74) is 6.24. The predicted molar refractivity (Wildman–Crippen MR) is 160 cm³/mol. The van der Waals surface area contributed by atoms with Crippen LogP contribution in [0.2, 0.25) is 0 Å². The molecule has 0 aliphatic carbocycles. The summed E-state index contributed by atoms with van der Waals surface area (Å²) in [5.74, 6) is -0.215. The normalized spacial score (nSPS) is 12.0. The van der Waals surface area contributed by atoms with Gasteiger partial charge in [-0.15, -0.1) is 0 Å². The van der Waals surface area contributed by atoms with Gasteiger partial charge in [0, 0.05) is 6.54 Å². The molecule has 0 saturated carbocycles. The first kappa shape index (κ1) is 28.5. The number of fused-ring (bicyclic) bond motifs is 1. The molecule has 0 aliphatic heterocycles. The number of hydrogen-bond donors (Lipinski definition) is 1. The summed E-state index contributed by atoms with van der Waals surface area (Å²) < 4.78 is 28.3. The fourth-order valence-corrected chi connectivity index (χ4v) is 6.02. The Bertz CT molecular complexity index is 1560. The Morgan fingerprint density at radius 1 is 0.769 bits per heavy atom. The van der Waals surface area contributed by atoms with Crippen molar-refractivity contribution in [3.8, 4) is 11.1 Å². The predicted octanol–water partition coefficient (Wildman–Crippen LogP) is 6.86. The highest BCUT2D eigenvalue weighted by Crippen LogP contribution is 2.35. The van der Waals surface area contributed by atoms with Gasteiger partial charge in [0.15, 0.2) is 0 Å². The smallest absolute Gasteiger partial charge is 0.264 e. The summed E-state index contributed by atoms with van der Waals surface area (Å²) >= 11 is 0. The Hall–Kier alpha value is -3.48. The Morgan fingerprint density at radius 3 is 1.92 bits per heavy atom. The van der Waals surface area contributed by atoms with Crippen LogP contribution in [0.5, 0.6) is 0 Å². The van der Waals surface area contributed by atoms with Gasteiger partial charge in [0.2, 0.25) is 5.91 Å². The number of hydrogen-bond acceptors (Lipinski definition) is 4. The number of nitrogens with zero attached hydrogens (tertiary/aromatic N) is 1. The highest BCUT2D eigenvalue weighted by molar-refractivity contribution is 7.90. The zero-order valence-corrected chi connectivity index (χ0v) is 24.5. The molecule has 5 nitrogen and oxygen atoms in total. The van der Waals surface area contributed by atoms with Crippen LogP contribution in [0.15, 0.2) is 83.8 Å². The van der Waals surface area contributed by atoms with Gasteiger partial charge in [-0.3, -0.25) is 4.79 Å². The molecule has 204 valence electrons.